The molecule has 1 aliphatic heterocycles. The molecular weight excluding hydrogens is 346 g/mol. The Kier molecular flexibility index (Phi) is 3.53. The zero-order valence-electron chi connectivity index (χ0n) is 14.4. The fraction of sp³-hybridized carbons (Fsp3) is 0.286. The van der Waals surface area contributed by atoms with E-state index in [4.69, 9.17) is 9.15 Å². The Morgan fingerprint density at radius 1 is 1.04 bits per heavy atom. The molecule has 2 amide bonds. The number of esters is 1. The van der Waals surface area contributed by atoms with E-state index < -0.39 is 5.97 Å². The van der Waals surface area contributed by atoms with Crippen molar-refractivity contribution in [3.8, 4) is 0 Å². The highest BCUT2D eigenvalue weighted by Gasteiger charge is 2.59. The Morgan fingerprint density at radius 3 is 2.30 bits per heavy atom. The van der Waals surface area contributed by atoms with Gasteiger partial charge >= 0.3 is 5.97 Å². The van der Waals surface area contributed by atoms with E-state index in [0.29, 0.717) is 17.0 Å². The maximum atomic E-state index is 12.8. The lowest BCUT2D eigenvalue weighted by Crippen LogP contribution is -2.32. The average molecular weight is 363 g/mol. The average Bonchev–Trinajstić information content (AvgIpc) is 3.45. The zero-order chi connectivity index (χ0) is 18.5. The van der Waals surface area contributed by atoms with Gasteiger partial charge in [0.1, 0.15) is 12.4 Å². The lowest BCUT2D eigenvalue weighted by Gasteiger charge is -2.17. The molecule has 4 atom stereocenters. The molecular formula is C21H17NO5. The van der Waals surface area contributed by atoms with Gasteiger partial charge in [0.2, 0.25) is 11.8 Å². The van der Waals surface area contributed by atoms with E-state index in [1.165, 1.54) is 11.2 Å². The highest BCUT2D eigenvalue weighted by Crippen LogP contribution is 2.53. The van der Waals surface area contributed by atoms with Crippen LogP contribution in [0.15, 0.2) is 59.2 Å². The molecule has 2 fully saturated rings. The van der Waals surface area contributed by atoms with Crippen molar-refractivity contribution in [2.45, 2.75) is 13.0 Å². The molecule has 0 spiro atoms. The summed E-state index contributed by atoms with van der Waals surface area (Å²) >= 11 is 0. The van der Waals surface area contributed by atoms with Gasteiger partial charge in [0.25, 0.3) is 0 Å². The molecule has 136 valence electrons. The van der Waals surface area contributed by atoms with E-state index in [0.717, 1.165) is 6.42 Å². The van der Waals surface area contributed by atoms with Crippen LogP contribution in [-0.4, -0.2) is 17.8 Å². The topological polar surface area (TPSA) is 76.8 Å². The first-order chi connectivity index (χ1) is 13.1. The third kappa shape index (κ3) is 2.44. The Bertz CT molecular complexity index is 913. The largest absolute Gasteiger partial charge is 0.466 e. The monoisotopic (exact) mass is 363 g/mol. The highest BCUT2D eigenvalue weighted by molar-refractivity contribution is 6.22. The number of allylic oxidation sites excluding steroid dienone is 2. The lowest BCUT2D eigenvalue weighted by atomic mass is 9.85. The number of hydrogen-bond acceptors (Lipinski definition) is 5. The van der Waals surface area contributed by atoms with Crippen LogP contribution in [0.4, 0.5) is 5.69 Å². The van der Waals surface area contributed by atoms with Crippen LogP contribution in [0.1, 0.15) is 22.5 Å². The predicted octanol–water partition coefficient (Wildman–Crippen LogP) is 2.95. The van der Waals surface area contributed by atoms with E-state index in [9.17, 15) is 14.4 Å². The first kappa shape index (κ1) is 16.1. The molecule has 2 heterocycles. The van der Waals surface area contributed by atoms with E-state index in [1.54, 1.807) is 36.4 Å². The van der Waals surface area contributed by atoms with Crippen molar-refractivity contribution < 1.29 is 23.5 Å². The third-order valence-electron chi connectivity index (χ3n) is 5.76. The van der Waals surface area contributed by atoms with Gasteiger partial charge < -0.3 is 9.15 Å². The predicted molar refractivity (Wildman–Crippen MR) is 94.5 cm³/mol. The molecule has 3 aliphatic rings. The quantitative estimate of drug-likeness (QED) is 0.474. The van der Waals surface area contributed by atoms with E-state index in [2.05, 4.69) is 12.2 Å². The molecule has 1 aromatic carbocycles. The first-order valence-corrected chi connectivity index (χ1v) is 8.99. The van der Waals surface area contributed by atoms with Crippen molar-refractivity contribution in [2.24, 2.45) is 23.7 Å². The van der Waals surface area contributed by atoms with Crippen LogP contribution >= 0.6 is 0 Å². The molecule has 2 bridgehead atoms. The summed E-state index contributed by atoms with van der Waals surface area (Å²) in [4.78, 5) is 39.0. The summed E-state index contributed by atoms with van der Waals surface area (Å²) in [5.74, 6) is -0.297. The number of amides is 2. The van der Waals surface area contributed by atoms with Crippen molar-refractivity contribution in [1.29, 1.82) is 0 Å². The summed E-state index contributed by atoms with van der Waals surface area (Å²) in [5.41, 5.74) is 0.854. The fourth-order valence-corrected chi connectivity index (χ4v) is 4.52. The Morgan fingerprint density at radius 2 is 1.70 bits per heavy atom. The van der Waals surface area contributed by atoms with Crippen molar-refractivity contribution >= 4 is 23.5 Å². The SMILES string of the molecule is O=C(OCc1ccco1)c1ccc(N2C(=O)[C@@H]3[C@H](C2=O)[C@@H]2C=C[C@H]3C2)cc1. The number of benzene rings is 1. The molecule has 2 aromatic rings. The number of carbonyl (C=O) groups excluding carboxylic acids is 3. The number of carbonyl (C=O) groups is 3. The highest BCUT2D eigenvalue weighted by atomic mass is 16.5. The normalized spacial score (nSPS) is 28.1. The Labute approximate surface area is 155 Å². The number of nitrogens with zero attached hydrogens (tertiary/aromatic N) is 1. The summed E-state index contributed by atoms with van der Waals surface area (Å²) in [6, 6.07) is 9.83. The van der Waals surface area contributed by atoms with Crippen LogP contribution in [0.25, 0.3) is 0 Å². The summed E-state index contributed by atoms with van der Waals surface area (Å²) in [7, 11) is 0. The summed E-state index contributed by atoms with van der Waals surface area (Å²) in [5, 5.41) is 0. The van der Waals surface area contributed by atoms with Gasteiger partial charge in [-0.2, -0.15) is 0 Å². The van der Waals surface area contributed by atoms with Gasteiger partial charge in [-0.3, -0.25) is 14.5 Å². The molecule has 1 saturated carbocycles. The second-order valence-corrected chi connectivity index (χ2v) is 7.21. The van der Waals surface area contributed by atoms with Crippen LogP contribution in [0.5, 0.6) is 0 Å². The van der Waals surface area contributed by atoms with E-state index in [1.807, 2.05) is 0 Å². The molecule has 2 aliphatic carbocycles. The van der Waals surface area contributed by atoms with Crippen molar-refractivity contribution in [1.82, 2.24) is 0 Å². The number of fused-ring (bicyclic) bond motifs is 5. The number of ether oxygens (including phenoxy) is 1. The molecule has 27 heavy (non-hydrogen) atoms. The maximum Gasteiger partial charge on any atom is 0.338 e. The Balaban J connectivity index is 1.31. The fourth-order valence-electron chi connectivity index (χ4n) is 4.52. The second-order valence-electron chi connectivity index (χ2n) is 7.21. The molecule has 6 nitrogen and oxygen atoms in total. The number of imide groups is 1. The lowest BCUT2D eigenvalue weighted by molar-refractivity contribution is -0.123. The second kappa shape index (κ2) is 5.94. The van der Waals surface area contributed by atoms with Gasteiger partial charge in [-0.25, -0.2) is 4.79 Å². The summed E-state index contributed by atoms with van der Waals surface area (Å²) in [6.45, 7) is 0.0514. The zero-order valence-corrected chi connectivity index (χ0v) is 14.4. The van der Waals surface area contributed by atoms with Crippen molar-refractivity contribution in [3.63, 3.8) is 0 Å². The van der Waals surface area contributed by atoms with Crippen molar-refractivity contribution in [2.75, 3.05) is 4.90 Å². The number of anilines is 1. The van der Waals surface area contributed by atoms with E-state index in [-0.39, 0.29) is 42.1 Å². The standard InChI is InChI=1S/C21H17NO5/c23-19-17-13-3-4-14(10-13)18(17)20(24)22(19)15-7-5-12(6-8-15)21(25)27-11-16-2-1-9-26-16/h1-9,13-14,17-18H,10-11H2/t13-,14+,17-,18+. The van der Waals surface area contributed by atoms with Gasteiger partial charge in [0.05, 0.1) is 29.3 Å². The van der Waals surface area contributed by atoms with Gasteiger partial charge in [-0.1, -0.05) is 12.2 Å². The van der Waals surface area contributed by atoms with Crippen LogP contribution < -0.4 is 4.90 Å². The van der Waals surface area contributed by atoms with E-state index >= 15 is 0 Å². The molecule has 5 rings (SSSR count). The smallest absolute Gasteiger partial charge is 0.338 e. The van der Waals surface area contributed by atoms with Gasteiger partial charge in [0, 0.05) is 0 Å². The molecule has 0 N–H and O–H groups in total. The number of furan rings is 1. The molecule has 0 unspecified atom stereocenters. The summed E-state index contributed by atoms with van der Waals surface area (Å²) < 4.78 is 10.3. The minimum atomic E-state index is -0.490. The molecule has 1 aromatic heterocycles. The first-order valence-electron chi connectivity index (χ1n) is 8.99. The maximum absolute atomic E-state index is 12.8. The van der Waals surface area contributed by atoms with Crippen molar-refractivity contribution in [3.05, 3.63) is 66.1 Å². The van der Waals surface area contributed by atoms with Crippen LogP contribution in [-0.2, 0) is 20.9 Å². The number of rotatable bonds is 4. The van der Waals surface area contributed by atoms with Gasteiger partial charge in [0.15, 0.2) is 0 Å². The van der Waals surface area contributed by atoms with Crippen LogP contribution in [0.3, 0.4) is 0 Å². The number of hydrogen-bond donors (Lipinski definition) is 0. The molecule has 6 heteroatoms. The molecule has 0 radical (unpaired) electrons. The molecule has 1 saturated heterocycles. The minimum Gasteiger partial charge on any atom is -0.466 e. The third-order valence-corrected chi connectivity index (χ3v) is 5.76. The minimum absolute atomic E-state index is 0.0514. The van der Waals surface area contributed by atoms with Crippen LogP contribution in [0, 0.1) is 23.7 Å². The van der Waals surface area contributed by atoms with Gasteiger partial charge in [-0.05, 0) is 54.7 Å². The Hall–Kier alpha value is -3.15. The van der Waals surface area contributed by atoms with Crippen LogP contribution in [0.2, 0.25) is 0 Å². The summed E-state index contributed by atoms with van der Waals surface area (Å²) in [6.07, 6.45) is 6.55. The van der Waals surface area contributed by atoms with Gasteiger partial charge in [-0.15, -0.1) is 0 Å².